The van der Waals surface area contributed by atoms with Crippen molar-refractivity contribution in [2.75, 3.05) is 6.61 Å². The highest BCUT2D eigenvalue weighted by atomic mass is 19.1. The lowest BCUT2D eigenvalue weighted by molar-refractivity contribution is -0.131. The van der Waals surface area contributed by atoms with E-state index in [0.29, 0.717) is 12.2 Å². The van der Waals surface area contributed by atoms with E-state index in [2.05, 4.69) is 0 Å². The van der Waals surface area contributed by atoms with Crippen LogP contribution in [0.15, 0.2) is 24.3 Å². The number of ether oxygens (including phenoxy) is 1. The van der Waals surface area contributed by atoms with Gasteiger partial charge in [-0.05, 0) is 24.5 Å². The van der Waals surface area contributed by atoms with Crippen LogP contribution in [0.25, 0.3) is 6.08 Å². The Morgan fingerprint density at radius 2 is 2.28 bits per heavy atom. The van der Waals surface area contributed by atoms with Crippen molar-refractivity contribution in [1.82, 2.24) is 0 Å². The van der Waals surface area contributed by atoms with Gasteiger partial charge in [-0.2, -0.15) is 0 Å². The first-order valence-electron chi connectivity index (χ1n) is 5.99. The number of rotatable bonds is 6. The summed E-state index contributed by atoms with van der Waals surface area (Å²) in [6.07, 6.45) is 5.70. The van der Waals surface area contributed by atoms with Gasteiger partial charge in [-0.1, -0.05) is 25.0 Å². The maximum absolute atomic E-state index is 13.6. The monoisotopic (exact) mass is 250 g/mol. The number of carboxylic acid groups (broad SMARTS) is 1. The average molecular weight is 250 g/mol. The molecule has 1 fully saturated rings. The molecule has 1 aromatic carbocycles. The molecule has 1 aromatic rings. The zero-order valence-electron chi connectivity index (χ0n) is 9.93. The second-order valence-corrected chi connectivity index (χ2v) is 4.41. The van der Waals surface area contributed by atoms with Crippen LogP contribution in [0.5, 0.6) is 5.75 Å². The summed E-state index contributed by atoms with van der Waals surface area (Å²) in [5, 5.41) is 8.57. The topological polar surface area (TPSA) is 46.5 Å². The van der Waals surface area contributed by atoms with Crippen LogP contribution in [0.2, 0.25) is 0 Å². The van der Waals surface area contributed by atoms with Gasteiger partial charge in [0.25, 0.3) is 0 Å². The maximum atomic E-state index is 13.6. The lowest BCUT2D eigenvalue weighted by Crippen LogP contribution is -2.02. The van der Waals surface area contributed by atoms with Crippen molar-refractivity contribution < 1.29 is 19.0 Å². The highest BCUT2D eigenvalue weighted by Gasteiger charge is 2.21. The Kier molecular flexibility index (Phi) is 3.97. The quantitative estimate of drug-likeness (QED) is 0.789. The summed E-state index contributed by atoms with van der Waals surface area (Å²) in [7, 11) is 0. The molecule has 0 aromatic heterocycles. The third-order valence-corrected chi connectivity index (χ3v) is 2.87. The minimum Gasteiger partial charge on any atom is -0.490 e. The molecule has 0 saturated heterocycles. The summed E-state index contributed by atoms with van der Waals surface area (Å²) in [6.45, 7) is 0.472. The van der Waals surface area contributed by atoms with Gasteiger partial charge in [0.15, 0.2) is 11.6 Å². The Balaban J connectivity index is 2.06. The molecule has 0 atom stereocenters. The van der Waals surface area contributed by atoms with E-state index in [-0.39, 0.29) is 5.75 Å². The number of para-hydroxylation sites is 1. The highest BCUT2D eigenvalue weighted by Crippen LogP contribution is 2.33. The largest absolute Gasteiger partial charge is 0.490 e. The average Bonchev–Trinajstić information content (AvgIpc) is 3.13. The van der Waals surface area contributed by atoms with Crippen LogP contribution < -0.4 is 4.74 Å². The minimum absolute atomic E-state index is 0.135. The number of benzene rings is 1. The molecule has 1 aliphatic carbocycles. The smallest absolute Gasteiger partial charge is 0.328 e. The van der Waals surface area contributed by atoms with Crippen molar-refractivity contribution in [3.8, 4) is 5.75 Å². The van der Waals surface area contributed by atoms with Gasteiger partial charge in [0.1, 0.15) is 0 Å². The van der Waals surface area contributed by atoms with Crippen LogP contribution in [0.1, 0.15) is 24.8 Å². The third kappa shape index (κ3) is 3.58. The molecule has 0 amide bonds. The van der Waals surface area contributed by atoms with Crippen LogP contribution in [0.4, 0.5) is 4.39 Å². The van der Waals surface area contributed by atoms with Crippen LogP contribution in [-0.4, -0.2) is 17.7 Å². The van der Waals surface area contributed by atoms with E-state index in [4.69, 9.17) is 9.84 Å². The summed E-state index contributed by atoms with van der Waals surface area (Å²) in [5.74, 6) is -0.674. The van der Waals surface area contributed by atoms with Gasteiger partial charge in [-0.25, -0.2) is 9.18 Å². The first-order valence-corrected chi connectivity index (χ1v) is 5.99. The van der Waals surface area contributed by atoms with Crippen LogP contribution in [-0.2, 0) is 4.79 Å². The molecular formula is C14H15FO3. The SMILES string of the molecule is O=C(O)/C=C/c1cccc(F)c1OCCC1CC1. The lowest BCUT2D eigenvalue weighted by Gasteiger charge is -2.09. The predicted octanol–water partition coefficient (Wildman–Crippen LogP) is 3.10. The second-order valence-electron chi connectivity index (χ2n) is 4.41. The standard InChI is InChI=1S/C14H15FO3/c15-12-3-1-2-11(6-7-13(16)17)14(12)18-9-8-10-4-5-10/h1-3,6-7,10H,4-5,8-9H2,(H,16,17)/b7-6+. The van der Waals surface area contributed by atoms with Gasteiger partial charge in [0, 0.05) is 11.6 Å². The molecular weight excluding hydrogens is 235 g/mol. The van der Waals surface area contributed by atoms with Crippen molar-refractivity contribution in [2.24, 2.45) is 5.92 Å². The van der Waals surface area contributed by atoms with Crippen molar-refractivity contribution in [1.29, 1.82) is 0 Å². The number of halogens is 1. The number of aliphatic carboxylic acids is 1. The first kappa shape index (κ1) is 12.6. The maximum Gasteiger partial charge on any atom is 0.328 e. The van der Waals surface area contributed by atoms with E-state index in [0.717, 1.165) is 18.4 Å². The van der Waals surface area contributed by atoms with Gasteiger partial charge in [0.05, 0.1) is 6.61 Å². The Morgan fingerprint density at radius 1 is 1.50 bits per heavy atom. The zero-order valence-corrected chi connectivity index (χ0v) is 9.93. The number of hydrogen-bond donors (Lipinski definition) is 1. The molecule has 0 aliphatic heterocycles. The van der Waals surface area contributed by atoms with Crippen LogP contribution in [0.3, 0.4) is 0 Å². The van der Waals surface area contributed by atoms with Crippen molar-refractivity contribution in [3.63, 3.8) is 0 Å². The summed E-state index contributed by atoms with van der Waals surface area (Å²) in [6, 6.07) is 4.48. The van der Waals surface area contributed by atoms with Gasteiger partial charge in [-0.3, -0.25) is 0 Å². The van der Waals surface area contributed by atoms with E-state index in [1.54, 1.807) is 6.07 Å². The van der Waals surface area contributed by atoms with E-state index >= 15 is 0 Å². The molecule has 3 nitrogen and oxygen atoms in total. The van der Waals surface area contributed by atoms with Gasteiger partial charge < -0.3 is 9.84 Å². The molecule has 0 bridgehead atoms. The van der Waals surface area contributed by atoms with E-state index in [1.807, 2.05) is 0 Å². The number of carbonyl (C=O) groups is 1. The fourth-order valence-electron chi connectivity index (χ4n) is 1.70. The Bertz CT molecular complexity index is 464. The van der Waals surface area contributed by atoms with Gasteiger partial charge in [0.2, 0.25) is 0 Å². The zero-order chi connectivity index (χ0) is 13.0. The molecule has 96 valence electrons. The second kappa shape index (κ2) is 5.67. The van der Waals surface area contributed by atoms with E-state index in [1.165, 1.54) is 31.1 Å². The van der Waals surface area contributed by atoms with Crippen LogP contribution in [0, 0.1) is 11.7 Å². The van der Waals surface area contributed by atoms with Crippen LogP contribution >= 0.6 is 0 Å². The Labute approximate surface area is 105 Å². The number of carboxylic acids is 1. The fraction of sp³-hybridized carbons (Fsp3) is 0.357. The first-order chi connectivity index (χ1) is 8.66. The third-order valence-electron chi connectivity index (χ3n) is 2.87. The van der Waals surface area contributed by atoms with E-state index < -0.39 is 11.8 Å². The van der Waals surface area contributed by atoms with E-state index in [9.17, 15) is 9.18 Å². The molecule has 1 aliphatic rings. The van der Waals surface area contributed by atoms with Gasteiger partial charge >= 0.3 is 5.97 Å². The highest BCUT2D eigenvalue weighted by molar-refractivity contribution is 5.85. The Morgan fingerprint density at radius 3 is 2.94 bits per heavy atom. The van der Waals surface area contributed by atoms with Crippen molar-refractivity contribution in [3.05, 3.63) is 35.7 Å². The van der Waals surface area contributed by atoms with Crippen molar-refractivity contribution in [2.45, 2.75) is 19.3 Å². The molecule has 2 rings (SSSR count). The lowest BCUT2D eigenvalue weighted by atomic mass is 10.1. The normalized spacial score (nSPS) is 14.9. The molecule has 0 radical (unpaired) electrons. The number of hydrogen-bond acceptors (Lipinski definition) is 2. The molecule has 1 saturated carbocycles. The summed E-state index contributed by atoms with van der Waals surface area (Å²) in [4.78, 5) is 10.5. The summed E-state index contributed by atoms with van der Waals surface area (Å²) < 4.78 is 19.0. The summed E-state index contributed by atoms with van der Waals surface area (Å²) in [5.41, 5.74) is 0.452. The molecule has 0 spiro atoms. The van der Waals surface area contributed by atoms with Crippen molar-refractivity contribution >= 4 is 12.0 Å². The predicted molar refractivity (Wildman–Crippen MR) is 65.9 cm³/mol. The Hall–Kier alpha value is -1.84. The molecule has 0 heterocycles. The fourth-order valence-corrected chi connectivity index (χ4v) is 1.70. The molecule has 4 heteroatoms. The minimum atomic E-state index is -1.07. The molecule has 0 unspecified atom stereocenters. The van der Waals surface area contributed by atoms with Gasteiger partial charge in [-0.15, -0.1) is 0 Å². The molecule has 1 N–H and O–H groups in total. The summed E-state index contributed by atoms with van der Waals surface area (Å²) >= 11 is 0. The molecule has 18 heavy (non-hydrogen) atoms.